The molecular formula is C10H18N2O4. The number of aliphatic hydroxyl groups excluding tert-OH is 1. The highest BCUT2D eigenvalue weighted by Gasteiger charge is 2.33. The lowest BCUT2D eigenvalue weighted by Gasteiger charge is -2.36. The van der Waals surface area contributed by atoms with Crippen molar-refractivity contribution in [2.75, 3.05) is 26.4 Å². The Bertz CT molecular complexity index is 262. The number of carbonyl (C=O) groups excluding carboxylic acids is 2. The van der Waals surface area contributed by atoms with Gasteiger partial charge in [-0.2, -0.15) is 0 Å². The Morgan fingerprint density at radius 1 is 1.38 bits per heavy atom. The number of rotatable bonds is 4. The summed E-state index contributed by atoms with van der Waals surface area (Å²) in [7, 11) is 0. The van der Waals surface area contributed by atoms with E-state index >= 15 is 0 Å². The molecule has 2 amide bonds. The normalized spacial score (nSPS) is 18.9. The van der Waals surface area contributed by atoms with Crippen molar-refractivity contribution >= 4 is 11.8 Å². The lowest BCUT2D eigenvalue weighted by atomic mass is 9.91. The van der Waals surface area contributed by atoms with Crippen LogP contribution in [0.3, 0.4) is 0 Å². The molecule has 0 radical (unpaired) electrons. The van der Waals surface area contributed by atoms with Gasteiger partial charge >= 0.3 is 0 Å². The Labute approximate surface area is 94.3 Å². The predicted octanol–water partition coefficient (Wildman–Crippen LogP) is -1.22. The average molecular weight is 230 g/mol. The minimum absolute atomic E-state index is 0.0576. The highest BCUT2D eigenvalue weighted by atomic mass is 16.5. The van der Waals surface area contributed by atoms with Crippen molar-refractivity contribution < 1.29 is 19.4 Å². The number of hydrogen-bond donors (Lipinski definition) is 3. The van der Waals surface area contributed by atoms with Crippen LogP contribution in [0.15, 0.2) is 0 Å². The molecule has 0 aromatic heterocycles. The molecule has 1 fully saturated rings. The first kappa shape index (κ1) is 12.9. The largest absolute Gasteiger partial charge is 0.394 e. The summed E-state index contributed by atoms with van der Waals surface area (Å²) in [5.74, 6) is -0.536. The highest BCUT2D eigenvalue weighted by Crippen LogP contribution is 2.19. The lowest BCUT2D eigenvalue weighted by Crippen LogP contribution is -2.56. The minimum atomic E-state index is -0.589. The van der Waals surface area contributed by atoms with E-state index < -0.39 is 5.54 Å². The second-order valence-corrected chi connectivity index (χ2v) is 4.01. The molecule has 1 aliphatic heterocycles. The molecule has 1 aliphatic rings. The number of hydrogen-bond acceptors (Lipinski definition) is 4. The molecular weight excluding hydrogens is 212 g/mol. The molecule has 0 atom stereocenters. The first-order valence-corrected chi connectivity index (χ1v) is 5.32. The van der Waals surface area contributed by atoms with E-state index in [0.717, 1.165) is 0 Å². The number of ether oxygens (including phenoxy) is 1. The smallest absolute Gasteiger partial charge is 0.239 e. The zero-order chi connectivity index (χ0) is 12.0. The molecule has 0 aromatic rings. The highest BCUT2D eigenvalue weighted by molar-refractivity contribution is 5.84. The average Bonchev–Trinajstić information content (AvgIpc) is 2.28. The van der Waals surface area contributed by atoms with E-state index in [1.165, 1.54) is 6.92 Å². The Kier molecular flexibility index (Phi) is 4.70. The van der Waals surface area contributed by atoms with Gasteiger partial charge in [-0.15, -0.1) is 0 Å². The first-order chi connectivity index (χ1) is 7.58. The van der Waals surface area contributed by atoms with Crippen LogP contribution in [0.2, 0.25) is 0 Å². The quantitative estimate of drug-likeness (QED) is 0.565. The Balaban J connectivity index is 2.42. The van der Waals surface area contributed by atoms with Crippen molar-refractivity contribution in [2.45, 2.75) is 25.3 Å². The zero-order valence-corrected chi connectivity index (χ0v) is 9.41. The van der Waals surface area contributed by atoms with Gasteiger partial charge in [0.25, 0.3) is 0 Å². The molecule has 6 heteroatoms. The van der Waals surface area contributed by atoms with Crippen LogP contribution in [0, 0.1) is 0 Å². The third-order valence-corrected chi connectivity index (χ3v) is 2.66. The van der Waals surface area contributed by atoms with Gasteiger partial charge in [-0.05, 0) is 12.8 Å². The van der Waals surface area contributed by atoms with Gasteiger partial charge in [0.15, 0.2) is 0 Å². The molecule has 0 saturated carbocycles. The SMILES string of the molecule is CC(=O)NCC(=O)NC1(CO)CCOCC1. The maximum atomic E-state index is 11.5. The summed E-state index contributed by atoms with van der Waals surface area (Å²) >= 11 is 0. The fourth-order valence-electron chi connectivity index (χ4n) is 1.63. The summed E-state index contributed by atoms with van der Waals surface area (Å²) in [4.78, 5) is 22.1. The first-order valence-electron chi connectivity index (χ1n) is 5.32. The van der Waals surface area contributed by atoms with Crippen LogP contribution in [0.1, 0.15) is 19.8 Å². The molecule has 1 rings (SSSR count). The number of aliphatic hydroxyl groups is 1. The van der Waals surface area contributed by atoms with E-state index in [0.29, 0.717) is 26.1 Å². The third kappa shape index (κ3) is 3.79. The van der Waals surface area contributed by atoms with Gasteiger partial charge in [-0.3, -0.25) is 9.59 Å². The predicted molar refractivity (Wildman–Crippen MR) is 56.7 cm³/mol. The van der Waals surface area contributed by atoms with E-state index in [2.05, 4.69) is 10.6 Å². The summed E-state index contributed by atoms with van der Waals surface area (Å²) in [5.41, 5.74) is -0.589. The summed E-state index contributed by atoms with van der Waals surface area (Å²) in [5, 5.41) is 14.5. The topological polar surface area (TPSA) is 87.7 Å². The monoisotopic (exact) mass is 230 g/mol. The molecule has 92 valence electrons. The van der Waals surface area contributed by atoms with Crippen molar-refractivity contribution in [1.82, 2.24) is 10.6 Å². The standard InChI is InChI=1S/C10H18N2O4/c1-8(14)11-6-9(15)12-10(7-13)2-4-16-5-3-10/h13H,2-7H2,1H3,(H,11,14)(H,12,15). The number of carbonyl (C=O) groups is 2. The molecule has 0 unspecified atom stereocenters. The summed E-state index contributed by atoms with van der Waals surface area (Å²) in [6.07, 6.45) is 1.19. The molecule has 0 aromatic carbocycles. The van der Waals surface area contributed by atoms with Gasteiger partial charge in [0.05, 0.1) is 18.7 Å². The summed E-state index contributed by atoms with van der Waals surface area (Å²) < 4.78 is 5.17. The van der Waals surface area contributed by atoms with Crippen LogP contribution in [-0.2, 0) is 14.3 Å². The molecule has 0 spiro atoms. The second kappa shape index (κ2) is 5.81. The van der Waals surface area contributed by atoms with E-state index in [4.69, 9.17) is 4.74 Å². The van der Waals surface area contributed by atoms with Crippen LogP contribution >= 0.6 is 0 Å². The summed E-state index contributed by atoms with van der Waals surface area (Å²) in [6.45, 7) is 2.24. The van der Waals surface area contributed by atoms with E-state index in [-0.39, 0.29) is 25.0 Å². The maximum absolute atomic E-state index is 11.5. The fourth-order valence-corrected chi connectivity index (χ4v) is 1.63. The van der Waals surface area contributed by atoms with Crippen molar-refractivity contribution in [1.29, 1.82) is 0 Å². The van der Waals surface area contributed by atoms with Gasteiger partial charge in [0.2, 0.25) is 11.8 Å². The van der Waals surface area contributed by atoms with Gasteiger partial charge in [0, 0.05) is 20.1 Å². The minimum Gasteiger partial charge on any atom is -0.394 e. The molecule has 0 aliphatic carbocycles. The second-order valence-electron chi connectivity index (χ2n) is 4.01. The van der Waals surface area contributed by atoms with Crippen LogP contribution in [0.4, 0.5) is 0 Å². The van der Waals surface area contributed by atoms with Gasteiger partial charge < -0.3 is 20.5 Å². The molecule has 6 nitrogen and oxygen atoms in total. The molecule has 0 bridgehead atoms. The van der Waals surface area contributed by atoms with Crippen molar-refractivity contribution in [3.63, 3.8) is 0 Å². The van der Waals surface area contributed by atoms with E-state index in [9.17, 15) is 14.7 Å². The maximum Gasteiger partial charge on any atom is 0.239 e. The zero-order valence-electron chi connectivity index (χ0n) is 9.41. The molecule has 1 saturated heterocycles. The van der Waals surface area contributed by atoms with E-state index in [1.807, 2.05) is 0 Å². The molecule has 16 heavy (non-hydrogen) atoms. The third-order valence-electron chi connectivity index (χ3n) is 2.66. The van der Waals surface area contributed by atoms with Crippen LogP contribution < -0.4 is 10.6 Å². The van der Waals surface area contributed by atoms with Crippen molar-refractivity contribution in [2.24, 2.45) is 0 Å². The van der Waals surface area contributed by atoms with Gasteiger partial charge in [-0.25, -0.2) is 0 Å². The van der Waals surface area contributed by atoms with Crippen LogP contribution in [-0.4, -0.2) is 48.8 Å². The number of nitrogens with one attached hydrogen (secondary N) is 2. The fraction of sp³-hybridized carbons (Fsp3) is 0.800. The lowest BCUT2D eigenvalue weighted by molar-refractivity contribution is -0.127. The molecule has 1 heterocycles. The van der Waals surface area contributed by atoms with Crippen molar-refractivity contribution in [3.05, 3.63) is 0 Å². The van der Waals surface area contributed by atoms with Crippen LogP contribution in [0.25, 0.3) is 0 Å². The summed E-state index contributed by atoms with van der Waals surface area (Å²) in [6, 6.07) is 0. The van der Waals surface area contributed by atoms with Crippen molar-refractivity contribution in [3.8, 4) is 0 Å². The van der Waals surface area contributed by atoms with E-state index in [1.54, 1.807) is 0 Å². The van der Waals surface area contributed by atoms with Gasteiger partial charge in [0.1, 0.15) is 0 Å². The Morgan fingerprint density at radius 2 is 2.00 bits per heavy atom. The van der Waals surface area contributed by atoms with Crippen LogP contribution in [0.5, 0.6) is 0 Å². The van der Waals surface area contributed by atoms with Gasteiger partial charge in [-0.1, -0.05) is 0 Å². The Morgan fingerprint density at radius 3 is 2.50 bits per heavy atom. The number of amides is 2. The molecule has 3 N–H and O–H groups in total. The Hall–Kier alpha value is -1.14.